The van der Waals surface area contributed by atoms with E-state index in [4.69, 9.17) is 4.74 Å². The molecule has 0 radical (unpaired) electrons. The number of ether oxygens (including phenoxy) is 1. The average molecular weight is 366 g/mol. The van der Waals surface area contributed by atoms with Gasteiger partial charge in [-0.15, -0.1) is 0 Å². The van der Waals surface area contributed by atoms with Gasteiger partial charge in [-0.3, -0.25) is 10.1 Å². The van der Waals surface area contributed by atoms with Crippen molar-refractivity contribution in [1.29, 1.82) is 0 Å². The van der Waals surface area contributed by atoms with Gasteiger partial charge in [-0.2, -0.15) is 0 Å². The monoisotopic (exact) mass is 366 g/mol. The molecule has 1 N–H and O–H groups in total. The largest absolute Gasteiger partial charge is 0.450 e. The molecule has 0 saturated heterocycles. The Balaban J connectivity index is 2.86. The van der Waals surface area contributed by atoms with Crippen LogP contribution in [0.2, 0.25) is 0 Å². The van der Waals surface area contributed by atoms with Crippen LogP contribution in [-0.2, 0) is 16.0 Å². The minimum absolute atomic E-state index is 0.0641. The second-order valence-electron chi connectivity index (χ2n) is 6.55. The topological polar surface area (TPSA) is 58.6 Å². The van der Waals surface area contributed by atoms with Crippen molar-refractivity contribution in [2.75, 3.05) is 25.1 Å². The van der Waals surface area contributed by atoms with E-state index in [9.17, 15) is 14.0 Å². The fourth-order valence-corrected chi connectivity index (χ4v) is 3.13. The van der Waals surface area contributed by atoms with E-state index in [1.807, 2.05) is 20.9 Å². The normalized spacial score (nSPS) is 13.0. The molecule has 2 atom stereocenters. The Kier molecular flexibility index (Phi) is 9.10. The maximum atomic E-state index is 13.5. The molecule has 6 heteroatoms. The summed E-state index contributed by atoms with van der Waals surface area (Å²) >= 11 is 0. The van der Waals surface area contributed by atoms with Gasteiger partial charge in [0.25, 0.3) is 0 Å². The minimum atomic E-state index is -0.709. The van der Waals surface area contributed by atoms with Crippen molar-refractivity contribution >= 4 is 17.7 Å². The third kappa shape index (κ3) is 6.32. The molecule has 0 aliphatic carbocycles. The van der Waals surface area contributed by atoms with Gasteiger partial charge in [0.2, 0.25) is 5.91 Å². The van der Waals surface area contributed by atoms with E-state index in [1.54, 1.807) is 19.1 Å². The summed E-state index contributed by atoms with van der Waals surface area (Å²) in [5, 5.41) is 2.29. The van der Waals surface area contributed by atoms with Gasteiger partial charge < -0.3 is 9.64 Å². The molecular formula is C20H31FN2O3. The number of hydrogen-bond donors (Lipinski definition) is 1. The zero-order chi connectivity index (χ0) is 19.7. The van der Waals surface area contributed by atoms with Gasteiger partial charge in [-0.1, -0.05) is 27.2 Å². The highest BCUT2D eigenvalue weighted by Crippen LogP contribution is 2.26. The lowest BCUT2D eigenvalue weighted by atomic mass is 9.88. The first-order valence-corrected chi connectivity index (χ1v) is 9.31. The van der Waals surface area contributed by atoms with Crippen LogP contribution < -0.4 is 10.2 Å². The molecule has 0 aliphatic heterocycles. The number of benzene rings is 1. The first kappa shape index (κ1) is 21.9. The van der Waals surface area contributed by atoms with E-state index in [-0.39, 0.29) is 30.2 Å². The van der Waals surface area contributed by atoms with Gasteiger partial charge in [0.15, 0.2) is 0 Å². The lowest BCUT2D eigenvalue weighted by Crippen LogP contribution is -2.41. The highest BCUT2D eigenvalue weighted by Gasteiger charge is 2.26. The summed E-state index contributed by atoms with van der Waals surface area (Å²) < 4.78 is 18.3. The van der Waals surface area contributed by atoms with Crippen LogP contribution in [0.15, 0.2) is 18.2 Å². The summed E-state index contributed by atoms with van der Waals surface area (Å²) in [7, 11) is 1.95. The summed E-state index contributed by atoms with van der Waals surface area (Å²) in [6.07, 6.45) is 1.80. The van der Waals surface area contributed by atoms with Crippen LogP contribution in [0.1, 0.15) is 46.1 Å². The Bertz CT molecular complexity index is 607. The first-order chi connectivity index (χ1) is 12.3. The minimum Gasteiger partial charge on any atom is -0.450 e. The van der Waals surface area contributed by atoms with Crippen molar-refractivity contribution in [1.82, 2.24) is 5.32 Å². The van der Waals surface area contributed by atoms with E-state index in [1.165, 1.54) is 6.07 Å². The van der Waals surface area contributed by atoms with Crippen LogP contribution in [0, 0.1) is 17.7 Å². The van der Waals surface area contributed by atoms with Crippen molar-refractivity contribution in [2.24, 2.45) is 11.8 Å². The zero-order valence-electron chi connectivity index (χ0n) is 16.5. The standard InChI is InChI=1S/C20H31FN2O3/c1-6-9-16(14(4)19(24)22-20(25)26-8-3)13-23(5)18-11-10-17(21)12-15(18)7-2/h10-12,14,16H,6-9,13H2,1-5H3,(H,22,24,25)/t14-,16?/m1/s1. The number of nitrogens with zero attached hydrogens (tertiary/aromatic N) is 1. The number of aryl methyl sites for hydroxylation is 1. The van der Waals surface area contributed by atoms with Crippen molar-refractivity contribution in [2.45, 2.75) is 47.0 Å². The second-order valence-corrected chi connectivity index (χ2v) is 6.55. The van der Waals surface area contributed by atoms with E-state index in [0.717, 1.165) is 30.5 Å². The number of carbonyl (C=O) groups is 2. The van der Waals surface area contributed by atoms with E-state index >= 15 is 0 Å². The number of hydrogen-bond acceptors (Lipinski definition) is 4. The lowest BCUT2D eigenvalue weighted by molar-refractivity contribution is -0.125. The van der Waals surface area contributed by atoms with Crippen molar-refractivity contribution < 1.29 is 18.7 Å². The quantitative estimate of drug-likeness (QED) is 0.713. The number of nitrogens with one attached hydrogen (secondary N) is 1. The van der Waals surface area contributed by atoms with Crippen LogP contribution in [0.25, 0.3) is 0 Å². The maximum Gasteiger partial charge on any atom is 0.413 e. The molecule has 0 aliphatic rings. The number of amides is 2. The summed E-state index contributed by atoms with van der Waals surface area (Å²) in [5.41, 5.74) is 1.90. The van der Waals surface area contributed by atoms with Gasteiger partial charge in [-0.25, -0.2) is 9.18 Å². The molecule has 1 aromatic rings. The van der Waals surface area contributed by atoms with Crippen LogP contribution in [0.5, 0.6) is 0 Å². The van der Waals surface area contributed by atoms with Gasteiger partial charge in [-0.05, 0) is 49.4 Å². The lowest BCUT2D eigenvalue weighted by Gasteiger charge is -2.30. The summed E-state index contributed by atoms with van der Waals surface area (Å²) in [5.74, 6) is -0.849. The Morgan fingerprint density at radius 1 is 1.27 bits per heavy atom. The number of rotatable bonds is 9. The molecule has 2 amide bonds. The second kappa shape index (κ2) is 10.8. The fourth-order valence-electron chi connectivity index (χ4n) is 3.13. The number of anilines is 1. The van der Waals surface area contributed by atoms with Gasteiger partial charge in [0.1, 0.15) is 5.82 Å². The van der Waals surface area contributed by atoms with Crippen molar-refractivity contribution in [3.8, 4) is 0 Å². The Hall–Kier alpha value is -2.11. The third-order valence-corrected chi connectivity index (χ3v) is 4.62. The molecule has 5 nitrogen and oxygen atoms in total. The number of alkyl carbamates (subject to hydrolysis) is 1. The predicted molar refractivity (Wildman–Crippen MR) is 102 cm³/mol. The van der Waals surface area contributed by atoms with Gasteiger partial charge in [0.05, 0.1) is 6.61 Å². The molecule has 0 fully saturated rings. The van der Waals surface area contributed by atoms with Crippen LogP contribution in [0.3, 0.4) is 0 Å². The average Bonchev–Trinajstić information content (AvgIpc) is 2.60. The van der Waals surface area contributed by atoms with E-state index < -0.39 is 6.09 Å². The molecule has 0 saturated carbocycles. The molecule has 146 valence electrons. The molecule has 0 bridgehead atoms. The van der Waals surface area contributed by atoms with Crippen LogP contribution >= 0.6 is 0 Å². The zero-order valence-corrected chi connectivity index (χ0v) is 16.5. The molecule has 1 rings (SSSR count). The molecule has 0 spiro atoms. The van der Waals surface area contributed by atoms with Crippen molar-refractivity contribution in [3.05, 3.63) is 29.6 Å². The molecule has 0 heterocycles. The Morgan fingerprint density at radius 3 is 2.54 bits per heavy atom. The van der Waals surface area contributed by atoms with Crippen LogP contribution in [0.4, 0.5) is 14.9 Å². The SMILES string of the molecule is CCCC(CN(C)c1ccc(F)cc1CC)[C@@H](C)C(=O)NC(=O)OCC. The summed E-state index contributed by atoms with van der Waals surface area (Å²) in [6.45, 7) is 8.44. The Labute approximate surface area is 155 Å². The summed E-state index contributed by atoms with van der Waals surface area (Å²) in [4.78, 5) is 25.9. The van der Waals surface area contributed by atoms with Crippen LogP contribution in [-0.4, -0.2) is 32.2 Å². The third-order valence-electron chi connectivity index (χ3n) is 4.62. The molecule has 26 heavy (non-hydrogen) atoms. The van der Waals surface area contributed by atoms with E-state index in [0.29, 0.717) is 6.54 Å². The maximum absolute atomic E-state index is 13.5. The predicted octanol–water partition coefficient (Wildman–Crippen LogP) is 4.15. The Morgan fingerprint density at radius 2 is 1.96 bits per heavy atom. The van der Waals surface area contributed by atoms with Crippen molar-refractivity contribution in [3.63, 3.8) is 0 Å². The molecule has 0 aromatic heterocycles. The molecule has 1 unspecified atom stereocenters. The summed E-state index contributed by atoms with van der Waals surface area (Å²) in [6, 6.07) is 4.79. The first-order valence-electron chi connectivity index (χ1n) is 9.31. The van der Waals surface area contributed by atoms with E-state index in [2.05, 4.69) is 17.1 Å². The molecular weight excluding hydrogens is 335 g/mol. The highest BCUT2D eigenvalue weighted by molar-refractivity contribution is 5.93. The van der Waals surface area contributed by atoms with Gasteiger partial charge in [0, 0.05) is 25.2 Å². The number of carbonyl (C=O) groups excluding carboxylic acids is 2. The van der Waals surface area contributed by atoms with Gasteiger partial charge >= 0.3 is 6.09 Å². The fraction of sp³-hybridized carbons (Fsp3) is 0.600. The number of imide groups is 1. The molecule has 1 aromatic carbocycles. The number of halogens is 1. The smallest absolute Gasteiger partial charge is 0.413 e. The highest BCUT2D eigenvalue weighted by atomic mass is 19.1.